The maximum absolute atomic E-state index is 9.22. The van der Waals surface area contributed by atoms with Crippen LogP contribution in [0.5, 0.6) is 5.88 Å². The van der Waals surface area contributed by atoms with Crippen molar-refractivity contribution in [3.63, 3.8) is 0 Å². The third kappa shape index (κ3) is 3.29. The first kappa shape index (κ1) is 14.4. The molecular formula is C16H14N4O. The zero-order valence-corrected chi connectivity index (χ0v) is 11.6. The number of benzene rings is 1. The van der Waals surface area contributed by atoms with Gasteiger partial charge in [-0.25, -0.2) is 4.99 Å². The molecule has 0 spiro atoms. The minimum Gasteiger partial charge on any atom is -0.478 e. The third-order valence-electron chi connectivity index (χ3n) is 2.76. The lowest BCUT2D eigenvalue weighted by atomic mass is 10.2. The smallest absolute Gasteiger partial charge is 0.212 e. The molecule has 2 rings (SSSR count). The summed E-state index contributed by atoms with van der Waals surface area (Å²) < 4.78 is 5.45. The van der Waals surface area contributed by atoms with Gasteiger partial charge in [0.1, 0.15) is 23.3 Å². The monoisotopic (exact) mass is 278 g/mol. The summed E-state index contributed by atoms with van der Waals surface area (Å²) in [5.74, 6) is 0.639. The molecule has 0 saturated carbocycles. The molecule has 0 aliphatic rings. The summed E-state index contributed by atoms with van der Waals surface area (Å²) in [6.45, 7) is 2.44. The number of nitrogens with one attached hydrogen (secondary N) is 1. The molecule has 5 heteroatoms. The molecule has 0 atom stereocenters. The van der Waals surface area contributed by atoms with Crippen molar-refractivity contribution >= 4 is 12.0 Å². The van der Waals surface area contributed by atoms with E-state index in [0.717, 1.165) is 12.0 Å². The van der Waals surface area contributed by atoms with E-state index in [0.29, 0.717) is 18.3 Å². The topological polar surface area (TPSA) is 85.0 Å². The van der Waals surface area contributed by atoms with Crippen LogP contribution in [-0.4, -0.2) is 17.8 Å². The SMILES string of the molecule is CCCOc1[nH]c(N=Cc2ccccc2)c(C#N)c1C#N. The molecule has 2 aromatic rings. The van der Waals surface area contributed by atoms with Gasteiger partial charge in [0.2, 0.25) is 5.88 Å². The molecule has 1 N–H and O–H groups in total. The van der Waals surface area contributed by atoms with Crippen molar-refractivity contribution < 1.29 is 4.74 Å². The van der Waals surface area contributed by atoms with Crippen molar-refractivity contribution in [2.45, 2.75) is 13.3 Å². The zero-order chi connectivity index (χ0) is 15.1. The van der Waals surface area contributed by atoms with Crippen LogP contribution in [0, 0.1) is 22.7 Å². The van der Waals surface area contributed by atoms with E-state index in [1.54, 1.807) is 6.21 Å². The Morgan fingerprint density at radius 1 is 1.19 bits per heavy atom. The van der Waals surface area contributed by atoms with Crippen molar-refractivity contribution in [3.8, 4) is 18.0 Å². The van der Waals surface area contributed by atoms with Crippen LogP contribution in [0.3, 0.4) is 0 Å². The molecule has 0 amide bonds. The van der Waals surface area contributed by atoms with Gasteiger partial charge in [-0.2, -0.15) is 10.5 Å². The number of aliphatic imine (C=N–C) groups is 1. The second-order valence-corrected chi connectivity index (χ2v) is 4.29. The minimum absolute atomic E-state index is 0.200. The molecule has 0 aliphatic heterocycles. The number of rotatable bonds is 5. The Balaban J connectivity index is 2.36. The van der Waals surface area contributed by atoms with Crippen LogP contribution in [0.1, 0.15) is 30.0 Å². The molecule has 0 radical (unpaired) electrons. The van der Waals surface area contributed by atoms with Gasteiger partial charge in [0, 0.05) is 6.21 Å². The van der Waals surface area contributed by atoms with Crippen molar-refractivity contribution in [2.75, 3.05) is 6.61 Å². The highest BCUT2D eigenvalue weighted by Crippen LogP contribution is 2.29. The summed E-state index contributed by atoms with van der Waals surface area (Å²) in [5, 5.41) is 18.4. The number of hydrogen-bond acceptors (Lipinski definition) is 4. The molecule has 1 aromatic heterocycles. The molecule has 0 saturated heterocycles. The van der Waals surface area contributed by atoms with Crippen LogP contribution in [0.15, 0.2) is 35.3 Å². The van der Waals surface area contributed by atoms with Crippen LogP contribution in [0.25, 0.3) is 0 Å². The molecule has 104 valence electrons. The van der Waals surface area contributed by atoms with Crippen LogP contribution in [0.2, 0.25) is 0 Å². The van der Waals surface area contributed by atoms with Crippen LogP contribution in [0.4, 0.5) is 5.82 Å². The average Bonchev–Trinajstić information content (AvgIpc) is 2.88. The fourth-order valence-electron chi connectivity index (χ4n) is 1.77. The summed E-state index contributed by atoms with van der Waals surface area (Å²) in [7, 11) is 0. The van der Waals surface area contributed by atoms with Gasteiger partial charge >= 0.3 is 0 Å². The number of aromatic amines is 1. The first-order chi connectivity index (χ1) is 10.3. The van der Waals surface area contributed by atoms with E-state index in [2.05, 4.69) is 9.98 Å². The predicted octanol–water partition coefficient (Wildman–Crippen LogP) is 3.30. The van der Waals surface area contributed by atoms with E-state index in [1.807, 2.05) is 49.4 Å². The average molecular weight is 278 g/mol. The number of ether oxygens (including phenoxy) is 1. The van der Waals surface area contributed by atoms with E-state index in [9.17, 15) is 10.5 Å². The number of aromatic nitrogens is 1. The first-order valence-electron chi connectivity index (χ1n) is 6.58. The van der Waals surface area contributed by atoms with Gasteiger partial charge in [-0.15, -0.1) is 0 Å². The fourth-order valence-corrected chi connectivity index (χ4v) is 1.77. The first-order valence-corrected chi connectivity index (χ1v) is 6.58. The Morgan fingerprint density at radius 2 is 1.90 bits per heavy atom. The summed E-state index contributed by atoms with van der Waals surface area (Å²) in [4.78, 5) is 7.14. The lowest BCUT2D eigenvalue weighted by Gasteiger charge is -2.00. The molecule has 5 nitrogen and oxygen atoms in total. The second kappa shape index (κ2) is 6.93. The largest absolute Gasteiger partial charge is 0.478 e. The number of H-pyrrole nitrogens is 1. The highest BCUT2D eigenvalue weighted by atomic mass is 16.5. The minimum atomic E-state index is 0.200. The van der Waals surface area contributed by atoms with Crippen molar-refractivity contribution in [2.24, 2.45) is 4.99 Å². The summed E-state index contributed by atoms with van der Waals surface area (Å²) in [6, 6.07) is 13.5. The van der Waals surface area contributed by atoms with Crippen molar-refractivity contribution in [3.05, 3.63) is 47.0 Å². The van der Waals surface area contributed by atoms with Crippen LogP contribution in [-0.2, 0) is 0 Å². The molecule has 0 fully saturated rings. The van der Waals surface area contributed by atoms with E-state index in [-0.39, 0.29) is 11.1 Å². The van der Waals surface area contributed by atoms with Crippen LogP contribution >= 0.6 is 0 Å². The molecule has 0 unspecified atom stereocenters. The number of nitrogens with zero attached hydrogens (tertiary/aromatic N) is 3. The highest BCUT2D eigenvalue weighted by molar-refractivity contribution is 5.82. The summed E-state index contributed by atoms with van der Waals surface area (Å²) in [5.41, 5.74) is 1.31. The van der Waals surface area contributed by atoms with Gasteiger partial charge in [0.05, 0.1) is 6.61 Å². The molecule has 21 heavy (non-hydrogen) atoms. The van der Waals surface area contributed by atoms with Gasteiger partial charge in [0.25, 0.3) is 0 Å². The highest BCUT2D eigenvalue weighted by Gasteiger charge is 2.17. The van der Waals surface area contributed by atoms with Gasteiger partial charge < -0.3 is 9.72 Å². The third-order valence-corrected chi connectivity index (χ3v) is 2.76. The fraction of sp³-hybridized carbons (Fsp3) is 0.188. The van der Waals surface area contributed by atoms with Crippen molar-refractivity contribution in [1.29, 1.82) is 10.5 Å². The van der Waals surface area contributed by atoms with Crippen molar-refractivity contribution in [1.82, 2.24) is 4.98 Å². The maximum atomic E-state index is 9.22. The quantitative estimate of drug-likeness (QED) is 0.851. The Labute approximate surface area is 123 Å². The Bertz CT molecular complexity index is 717. The normalized spacial score (nSPS) is 10.2. The lowest BCUT2D eigenvalue weighted by molar-refractivity contribution is 0.306. The molecular weight excluding hydrogens is 264 g/mol. The molecule has 0 aliphatic carbocycles. The van der Waals surface area contributed by atoms with Gasteiger partial charge in [-0.05, 0) is 12.0 Å². The van der Waals surface area contributed by atoms with E-state index in [4.69, 9.17) is 4.74 Å². The zero-order valence-electron chi connectivity index (χ0n) is 11.6. The Hall–Kier alpha value is -3.05. The lowest BCUT2D eigenvalue weighted by Crippen LogP contribution is -1.96. The second-order valence-electron chi connectivity index (χ2n) is 4.29. The Morgan fingerprint density at radius 3 is 2.52 bits per heavy atom. The molecule has 0 bridgehead atoms. The van der Waals surface area contributed by atoms with Gasteiger partial charge in [-0.3, -0.25) is 0 Å². The van der Waals surface area contributed by atoms with Crippen LogP contribution < -0.4 is 4.74 Å². The predicted molar refractivity (Wildman–Crippen MR) is 79.7 cm³/mol. The Kier molecular flexibility index (Phi) is 4.74. The maximum Gasteiger partial charge on any atom is 0.212 e. The number of hydrogen-bond donors (Lipinski definition) is 1. The van der Waals surface area contributed by atoms with E-state index < -0.39 is 0 Å². The summed E-state index contributed by atoms with van der Waals surface area (Å²) in [6.07, 6.45) is 2.45. The van der Waals surface area contributed by atoms with Gasteiger partial charge in [0.15, 0.2) is 5.82 Å². The van der Waals surface area contributed by atoms with E-state index >= 15 is 0 Å². The van der Waals surface area contributed by atoms with Gasteiger partial charge in [-0.1, -0.05) is 37.3 Å². The standard InChI is InChI=1S/C16H14N4O/c1-2-8-21-16-14(10-18)13(9-17)15(20-16)19-11-12-6-4-3-5-7-12/h3-7,11,20H,2,8H2,1H3. The molecule has 1 heterocycles. The van der Waals surface area contributed by atoms with E-state index in [1.165, 1.54) is 0 Å². The number of nitriles is 2. The molecule has 1 aromatic carbocycles. The summed E-state index contributed by atoms with van der Waals surface area (Å²) >= 11 is 0.